The Morgan fingerprint density at radius 1 is 0.606 bits per heavy atom. The normalized spacial score (nSPS) is 13.2. The van der Waals surface area contributed by atoms with Crippen molar-refractivity contribution in [1.82, 2.24) is 0 Å². The fraction of sp³-hybridized carbons (Fsp3) is 0.316. The lowest BCUT2D eigenvalue weighted by Crippen LogP contribution is -2.29. The first kappa shape index (κ1) is 26.3. The third-order valence-electron chi connectivity index (χ3n) is 4.34. The van der Waals surface area contributed by atoms with Crippen LogP contribution >= 0.6 is 0 Å². The van der Waals surface area contributed by atoms with Gasteiger partial charge in [0.1, 0.15) is 0 Å². The van der Waals surface area contributed by atoms with E-state index in [0.717, 1.165) is 7.05 Å². The van der Waals surface area contributed by atoms with Crippen LogP contribution in [-0.2, 0) is 35.9 Å². The van der Waals surface area contributed by atoms with E-state index in [2.05, 4.69) is 0 Å². The molecule has 0 saturated heterocycles. The summed E-state index contributed by atoms with van der Waals surface area (Å²) in [7, 11) is 0.732. The van der Waals surface area contributed by atoms with Gasteiger partial charge in [-0.2, -0.15) is 52.7 Å². The average Bonchev–Trinajstić information content (AvgIpc) is 2.64. The molecule has 0 fully saturated rings. The lowest BCUT2D eigenvalue weighted by molar-refractivity contribution is -0.144. The molecule has 0 aromatic heterocycles. The van der Waals surface area contributed by atoms with Crippen LogP contribution in [0, 0.1) is 0 Å². The smallest absolute Gasteiger partial charge is 0.315 e. The van der Waals surface area contributed by atoms with Crippen LogP contribution in [0.2, 0.25) is 0 Å². The van der Waals surface area contributed by atoms with Crippen LogP contribution in [0.3, 0.4) is 0 Å². The Kier molecular flexibility index (Phi) is 6.74. The molecule has 2 nitrogen and oxygen atoms in total. The number of carbonyl (C=O) groups is 1. The number of rotatable bonds is 3. The number of amides is 1. The zero-order valence-corrected chi connectivity index (χ0v) is 16.1. The van der Waals surface area contributed by atoms with Gasteiger partial charge in [-0.3, -0.25) is 4.79 Å². The van der Waals surface area contributed by atoms with Gasteiger partial charge >= 0.3 is 24.7 Å². The van der Waals surface area contributed by atoms with Gasteiger partial charge in [0.2, 0.25) is 5.91 Å². The number of halogens is 12. The Balaban J connectivity index is 2.48. The maximum atomic E-state index is 13.0. The second kappa shape index (κ2) is 8.45. The third-order valence-corrected chi connectivity index (χ3v) is 4.34. The second-order valence-electron chi connectivity index (χ2n) is 6.81. The van der Waals surface area contributed by atoms with E-state index in [4.69, 9.17) is 0 Å². The second-order valence-corrected chi connectivity index (χ2v) is 6.81. The Bertz CT molecular complexity index is 967. The van der Waals surface area contributed by atoms with E-state index in [1.54, 1.807) is 0 Å². The molecular weight excluding hydrogens is 486 g/mol. The standard InChI is InChI=1S/C19H11F12NO/c1-32(14-7-12(18(26,27)28)6-13(8-14)19(29,30)31)15(33)4-9-2-10(16(20,21)22)5-11(3-9)17(23,24)25/h2-3,5-8H,4H2,1H3. The minimum absolute atomic E-state index is 0.194. The average molecular weight is 497 g/mol. The molecule has 0 N–H and O–H groups in total. The Hall–Kier alpha value is -2.93. The number of likely N-dealkylation sites (N-methyl/N-ethyl adjacent to an activating group) is 1. The van der Waals surface area contributed by atoms with Gasteiger partial charge in [-0.05, 0) is 42.0 Å². The number of hydrogen-bond acceptors (Lipinski definition) is 1. The van der Waals surface area contributed by atoms with Gasteiger partial charge in [0, 0.05) is 12.7 Å². The highest BCUT2D eigenvalue weighted by Crippen LogP contribution is 2.39. The maximum Gasteiger partial charge on any atom is 0.416 e. The van der Waals surface area contributed by atoms with Gasteiger partial charge in [0.15, 0.2) is 0 Å². The topological polar surface area (TPSA) is 20.3 Å². The lowest BCUT2D eigenvalue weighted by Gasteiger charge is -2.21. The van der Waals surface area contributed by atoms with Crippen LogP contribution < -0.4 is 4.90 Å². The summed E-state index contributed by atoms with van der Waals surface area (Å²) in [4.78, 5) is 12.6. The SMILES string of the molecule is CN(C(=O)Cc1cc(C(F)(F)F)cc(C(F)(F)F)c1)c1cc(C(F)(F)F)cc(C(F)(F)F)c1. The van der Waals surface area contributed by atoms with Crippen LogP contribution in [0.1, 0.15) is 27.8 Å². The molecule has 0 aliphatic rings. The highest BCUT2D eigenvalue weighted by Gasteiger charge is 2.39. The van der Waals surface area contributed by atoms with Crippen molar-refractivity contribution < 1.29 is 57.5 Å². The number of benzene rings is 2. The molecule has 0 aliphatic heterocycles. The number of alkyl halides is 12. The van der Waals surface area contributed by atoms with Crippen LogP contribution in [0.15, 0.2) is 36.4 Å². The molecule has 0 aliphatic carbocycles. The molecule has 0 radical (unpaired) electrons. The van der Waals surface area contributed by atoms with Crippen LogP contribution in [-0.4, -0.2) is 13.0 Å². The van der Waals surface area contributed by atoms with Crippen molar-refractivity contribution in [2.24, 2.45) is 0 Å². The van der Waals surface area contributed by atoms with Gasteiger partial charge in [-0.15, -0.1) is 0 Å². The fourth-order valence-corrected chi connectivity index (χ4v) is 2.69. The number of anilines is 1. The predicted molar refractivity (Wildman–Crippen MR) is 90.0 cm³/mol. The highest BCUT2D eigenvalue weighted by atomic mass is 19.4. The van der Waals surface area contributed by atoms with Crippen LogP contribution in [0.5, 0.6) is 0 Å². The van der Waals surface area contributed by atoms with E-state index >= 15 is 0 Å². The van der Waals surface area contributed by atoms with Gasteiger partial charge in [0.05, 0.1) is 28.7 Å². The minimum atomic E-state index is -5.23. The summed E-state index contributed by atoms with van der Waals surface area (Å²) in [6.07, 6.45) is -22.1. The molecule has 2 rings (SSSR count). The molecule has 0 atom stereocenters. The first-order valence-electron chi connectivity index (χ1n) is 8.54. The summed E-state index contributed by atoms with van der Waals surface area (Å²) in [5.74, 6) is -1.35. The molecule has 182 valence electrons. The molecule has 33 heavy (non-hydrogen) atoms. The molecule has 0 unspecified atom stereocenters. The van der Waals surface area contributed by atoms with Crippen LogP contribution in [0.4, 0.5) is 58.4 Å². The van der Waals surface area contributed by atoms with Gasteiger partial charge < -0.3 is 4.90 Å². The monoisotopic (exact) mass is 497 g/mol. The van der Waals surface area contributed by atoms with E-state index in [-0.39, 0.29) is 41.3 Å². The molecule has 2 aromatic rings. The van der Waals surface area contributed by atoms with Crippen molar-refractivity contribution in [3.8, 4) is 0 Å². The summed E-state index contributed by atoms with van der Waals surface area (Å²) in [6, 6.07) is 0.452. The molecule has 0 heterocycles. The molecule has 0 saturated carbocycles. The summed E-state index contributed by atoms with van der Waals surface area (Å²) < 4.78 is 155. The van der Waals surface area contributed by atoms with E-state index in [0.29, 0.717) is 0 Å². The lowest BCUT2D eigenvalue weighted by atomic mass is 10.0. The van der Waals surface area contributed by atoms with Crippen molar-refractivity contribution in [2.75, 3.05) is 11.9 Å². The molecule has 2 aromatic carbocycles. The van der Waals surface area contributed by atoms with E-state index in [1.165, 1.54) is 0 Å². The zero-order chi connectivity index (χ0) is 25.6. The van der Waals surface area contributed by atoms with Crippen molar-refractivity contribution in [3.05, 3.63) is 64.2 Å². The summed E-state index contributed by atoms with van der Waals surface area (Å²) in [5, 5.41) is 0. The van der Waals surface area contributed by atoms with Crippen LogP contribution in [0.25, 0.3) is 0 Å². The van der Waals surface area contributed by atoms with Crippen molar-refractivity contribution in [3.63, 3.8) is 0 Å². The summed E-state index contributed by atoms with van der Waals surface area (Å²) in [5.41, 5.74) is -8.69. The number of nitrogens with zero attached hydrogens (tertiary/aromatic N) is 1. The maximum absolute atomic E-state index is 13.0. The highest BCUT2D eigenvalue weighted by molar-refractivity contribution is 5.94. The molecule has 1 amide bonds. The van der Waals surface area contributed by atoms with E-state index in [9.17, 15) is 57.5 Å². The van der Waals surface area contributed by atoms with Crippen molar-refractivity contribution in [1.29, 1.82) is 0 Å². The molecular formula is C19H11F12NO. The Morgan fingerprint density at radius 3 is 1.21 bits per heavy atom. The first-order valence-corrected chi connectivity index (χ1v) is 8.54. The van der Waals surface area contributed by atoms with Crippen molar-refractivity contribution >= 4 is 11.6 Å². The molecule has 0 bridgehead atoms. The fourth-order valence-electron chi connectivity index (χ4n) is 2.69. The van der Waals surface area contributed by atoms with Gasteiger partial charge in [-0.25, -0.2) is 0 Å². The predicted octanol–water partition coefficient (Wildman–Crippen LogP) is 6.97. The summed E-state index contributed by atoms with van der Waals surface area (Å²) in [6.45, 7) is 0. The van der Waals surface area contributed by atoms with Gasteiger partial charge in [-0.1, -0.05) is 0 Å². The number of hydrogen-bond donors (Lipinski definition) is 0. The largest absolute Gasteiger partial charge is 0.416 e. The zero-order valence-electron chi connectivity index (χ0n) is 16.1. The minimum Gasteiger partial charge on any atom is -0.315 e. The quantitative estimate of drug-likeness (QED) is 0.420. The Morgan fingerprint density at radius 2 is 0.909 bits per heavy atom. The first-order chi connectivity index (χ1) is 14.7. The van der Waals surface area contributed by atoms with E-state index < -0.39 is 70.5 Å². The Labute approximate surface area is 177 Å². The third kappa shape index (κ3) is 6.54. The summed E-state index contributed by atoms with van der Waals surface area (Å²) >= 11 is 0. The van der Waals surface area contributed by atoms with E-state index in [1.807, 2.05) is 0 Å². The molecule has 0 spiro atoms. The van der Waals surface area contributed by atoms with Crippen molar-refractivity contribution in [2.45, 2.75) is 31.1 Å². The molecule has 14 heteroatoms. The number of carbonyl (C=O) groups excluding carboxylic acids is 1. The van der Waals surface area contributed by atoms with Gasteiger partial charge in [0.25, 0.3) is 0 Å².